The number of carbonyl (C=O) groups excluding carboxylic acids is 1. The van der Waals surface area contributed by atoms with Crippen molar-refractivity contribution in [3.8, 4) is 10.6 Å². The molecule has 2 aromatic rings. The third kappa shape index (κ3) is 3.40. The number of benzene rings is 1. The Morgan fingerprint density at radius 1 is 1.35 bits per heavy atom. The number of carboxylic acids is 1. The molecule has 0 spiro atoms. The monoisotopic (exact) mass is 292 g/mol. The Bertz CT molecular complexity index is 622. The lowest BCUT2D eigenvalue weighted by Crippen LogP contribution is -2.16. The van der Waals surface area contributed by atoms with E-state index < -0.39 is 5.97 Å². The molecule has 0 saturated heterocycles. The third-order valence-corrected chi connectivity index (χ3v) is 3.31. The second-order valence-corrected chi connectivity index (χ2v) is 4.76. The van der Waals surface area contributed by atoms with Crippen molar-refractivity contribution in [1.29, 1.82) is 0 Å². The maximum atomic E-state index is 11.3. The molecular weight excluding hydrogens is 280 g/mol. The Hall–Kier alpha value is -2.25. The highest BCUT2D eigenvalue weighted by molar-refractivity contribution is 7.13. The Morgan fingerprint density at radius 3 is 2.60 bits per heavy atom. The first-order valence-electron chi connectivity index (χ1n) is 5.68. The number of aromatic nitrogens is 1. The molecular formula is C13H12N2O4S. The van der Waals surface area contributed by atoms with Crippen molar-refractivity contribution in [3.05, 3.63) is 35.3 Å². The summed E-state index contributed by atoms with van der Waals surface area (Å²) >= 11 is 1.26. The number of anilines is 1. The van der Waals surface area contributed by atoms with Gasteiger partial charge in [-0.15, -0.1) is 11.3 Å². The second-order valence-electron chi connectivity index (χ2n) is 3.90. The van der Waals surface area contributed by atoms with Crippen LogP contribution < -0.4 is 5.32 Å². The van der Waals surface area contributed by atoms with Gasteiger partial charge >= 0.3 is 5.97 Å². The fourth-order valence-corrected chi connectivity index (χ4v) is 2.33. The average Bonchev–Trinajstić information content (AvgIpc) is 2.89. The van der Waals surface area contributed by atoms with Crippen molar-refractivity contribution in [2.45, 2.75) is 0 Å². The number of aromatic carboxylic acids is 1. The van der Waals surface area contributed by atoms with Gasteiger partial charge in [0.25, 0.3) is 0 Å². The summed E-state index contributed by atoms with van der Waals surface area (Å²) < 4.78 is 4.72. The molecule has 0 radical (unpaired) electrons. The summed E-state index contributed by atoms with van der Waals surface area (Å²) in [5.41, 5.74) is 1.47. The van der Waals surface area contributed by atoms with Crippen LogP contribution in [0.2, 0.25) is 0 Å². The number of thiazole rings is 1. The molecule has 0 bridgehead atoms. The molecule has 2 rings (SSSR count). The fraction of sp³-hybridized carbons (Fsp3) is 0.154. The molecule has 20 heavy (non-hydrogen) atoms. The minimum Gasteiger partial charge on any atom is -0.476 e. The van der Waals surface area contributed by atoms with E-state index in [9.17, 15) is 9.59 Å². The second kappa shape index (κ2) is 6.27. The van der Waals surface area contributed by atoms with E-state index in [1.54, 1.807) is 24.3 Å². The Morgan fingerprint density at radius 2 is 2.05 bits per heavy atom. The first-order chi connectivity index (χ1) is 9.60. The van der Waals surface area contributed by atoms with E-state index >= 15 is 0 Å². The first-order valence-corrected chi connectivity index (χ1v) is 6.56. The Balaban J connectivity index is 2.11. The van der Waals surface area contributed by atoms with Gasteiger partial charge < -0.3 is 15.2 Å². The summed E-state index contributed by atoms with van der Waals surface area (Å²) in [5, 5.41) is 13.6. The van der Waals surface area contributed by atoms with Crippen molar-refractivity contribution in [2.75, 3.05) is 19.0 Å². The van der Waals surface area contributed by atoms with Gasteiger partial charge in [0.1, 0.15) is 11.6 Å². The van der Waals surface area contributed by atoms with Crippen molar-refractivity contribution < 1.29 is 19.4 Å². The number of ether oxygens (including phenoxy) is 1. The van der Waals surface area contributed by atoms with E-state index in [1.165, 1.54) is 23.8 Å². The van der Waals surface area contributed by atoms with Crippen molar-refractivity contribution in [3.63, 3.8) is 0 Å². The maximum absolute atomic E-state index is 11.3. The van der Waals surface area contributed by atoms with Gasteiger partial charge in [-0.1, -0.05) is 0 Å². The van der Waals surface area contributed by atoms with Gasteiger partial charge in [0, 0.05) is 23.7 Å². The topological polar surface area (TPSA) is 88.5 Å². The summed E-state index contributed by atoms with van der Waals surface area (Å²) in [4.78, 5) is 26.1. The SMILES string of the molecule is COCC(=O)Nc1ccc(-c2nc(C(=O)O)cs2)cc1. The van der Waals surface area contributed by atoms with Gasteiger partial charge in [0.05, 0.1) is 0 Å². The molecule has 0 unspecified atom stereocenters. The smallest absolute Gasteiger partial charge is 0.355 e. The predicted octanol–water partition coefficient (Wildman–Crippen LogP) is 2.09. The van der Waals surface area contributed by atoms with Crippen LogP contribution in [0.1, 0.15) is 10.5 Å². The van der Waals surface area contributed by atoms with Crippen LogP contribution in [0.15, 0.2) is 29.6 Å². The summed E-state index contributed by atoms with van der Waals surface area (Å²) in [5.74, 6) is -1.28. The molecule has 0 aliphatic heterocycles. The van der Waals surface area contributed by atoms with Crippen molar-refractivity contribution >= 4 is 28.9 Å². The van der Waals surface area contributed by atoms with Crippen LogP contribution in [0.4, 0.5) is 5.69 Å². The highest BCUT2D eigenvalue weighted by atomic mass is 32.1. The molecule has 104 valence electrons. The molecule has 0 aliphatic carbocycles. The molecule has 1 aromatic heterocycles. The summed E-state index contributed by atoms with van der Waals surface area (Å²) in [6, 6.07) is 7.00. The molecule has 0 aliphatic rings. The van der Waals surface area contributed by atoms with Gasteiger partial charge in [0.15, 0.2) is 5.69 Å². The molecule has 1 aromatic carbocycles. The molecule has 2 N–H and O–H groups in total. The predicted molar refractivity (Wildman–Crippen MR) is 75.0 cm³/mol. The van der Waals surface area contributed by atoms with Gasteiger partial charge in [-0.05, 0) is 24.3 Å². The highest BCUT2D eigenvalue weighted by Gasteiger charge is 2.10. The van der Waals surface area contributed by atoms with Gasteiger partial charge in [0.2, 0.25) is 5.91 Å². The van der Waals surface area contributed by atoms with Crippen LogP contribution in [-0.2, 0) is 9.53 Å². The summed E-state index contributed by atoms with van der Waals surface area (Å²) in [6.07, 6.45) is 0. The molecule has 0 saturated carbocycles. The molecule has 6 nitrogen and oxygen atoms in total. The van der Waals surface area contributed by atoms with Crippen LogP contribution in [-0.4, -0.2) is 35.7 Å². The average molecular weight is 292 g/mol. The Labute approximate surface area is 119 Å². The van der Waals surface area contributed by atoms with Crippen LogP contribution >= 0.6 is 11.3 Å². The summed E-state index contributed by atoms with van der Waals surface area (Å²) in [7, 11) is 1.45. The number of hydrogen-bond acceptors (Lipinski definition) is 5. The maximum Gasteiger partial charge on any atom is 0.355 e. The number of rotatable bonds is 5. The van der Waals surface area contributed by atoms with Gasteiger partial charge in [-0.25, -0.2) is 9.78 Å². The number of nitrogens with zero attached hydrogens (tertiary/aromatic N) is 1. The lowest BCUT2D eigenvalue weighted by Gasteiger charge is -2.04. The fourth-order valence-electron chi connectivity index (χ4n) is 1.53. The minimum absolute atomic E-state index is 0.00377. The van der Waals surface area contributed by atoms with E-state index in [0.29, 0.717) is 10.7 Å². The van der Waals surface area contributed by atoms with Crippen LogP contribution in [0.5, 0.6) is 0 Å². The van der Waals surface area contributed by atoms with E-state index in [-0.39, 0.29) is 18.2 Å². The molecule has 1 heterocycles. The van der Waals surface area contributed by atoms with Gasteiger partial charge in [-0.2, -0.15) is 0 Å². The van der Waals surface area contributed by atoms with E-state index in [0.717, 1.165) is 5.56 Å². The number of carbonyl (C=O) groups is 2. The van der Waals surface area contributed by atoms with Crippen LogP contribution in [0.3, 0.4) is 0 Å². The largest absolute Gasteiger partial charge is 0.476 e. The van der Waals surface area contributed by atoms with Crippen LogP contribution in [0, 0.1) is 0 Å². The van der Waals surface area contributed by atoms with E-state index in [1.807, 2.05) is 0 Å². The van der Waals surface area contributed by atoms with Crippen molar-refractivity contribution in [2.24, 2.45) is 0 Å². The molecule has 0 fully saturated rings. The highest BCUT2D eigenvalue weighted by Crippen LogP contribution is 2.25. The molecule has 0 atom stereocenters. The summed E-state index contributed by atoms with van der Waals surface area (Å²) in [6.45, 7) is -0.00377. The molecule has 1 amide bonds. The zero-order valence-electron chi connectivity index (χ0n) is 10.6. The zero-order chi connectivity index (χ0) is 14.5. The van der Waals surface area contributed by atoms with E-state index in [4.69, 9.17) is 9.84 Å². The van der Waals surface area contributed by atoms with Crippen LogP contribution in [0.25, 0.3) is 10.6 Å². The quantitative estimate of drug-likeness (QED) is 0.881. The lowest BCUT2D eigenvalue weighted by molar-refractivity contribution is -0.119. The number of amides is 1. The number of nitrogens with one attached hydrogen (secondary N) is 1. The number of hydrogen-bond donors (Lipinski definition) is 2. The van der Waals surface area contributed by atoms with Crippen molar-refractivity contribution in [1.82, 2.24) is 4.98 Å². The zero-order valence-corrected chi connectivity index (χ0v) is 11.4. The lowest BCUT2D eigenvalue weighted by atomic mass is 10.2. The number of carboxylic acid groups (broad SMARTS) is 1. The Kier molecular flexibility index (Phi) is 4.44. The number of methoxy groups -OCH3 is 1. The normalized spacial score (nSPS) is 10.2. The standard InChI is InChI=1S/C13H12N2O4S/c1-19-6-11(16)14-9-4-2-8(3-5-9)12-15-10(7-20-12)13(17)18/h2-5,7H,6H2,1H3,(H,14,16)(H,17,18). The first kappa shape index (κ1) is 14.2. The van der Waals surface area contributed by atoms with Gasteiger partial charge in [-0.3, -0.25) is 4.79 Å². The minimum atomic E-state index is -1.05. The van der Waals surface area contributed by atoms with E-state index in [2.05, 4.69) is 10.3 Å². The molecule has 7 heteroatoms. The third-order valence-electron chi connectivity index (χ3n) is 2.41.